The molecule has 0 aliphatic carbocycles. The molecule has 0 aromatic heterocycles. The molecule has 0 aliphatic heterocycles. The Balaban J connectivity index is 3.21. The van der Waals surface area contributed by atoms with Gasteiger partial charge in [0.2, 0.25) is 0 Å². The third-order valence-electron chi connectivity index (χ3n) is 1.25. The van der Waals surface area contributed by atoms with E-state index in [1.165, 1.54) is 0 Å². The van der Waals surface area contributed by atoms with Gasteiger partial charge in [0.25, 0.3) is 0 Å². The Morgan fingerprint density at radius 2 is 2.30 bits per heavy atom. The highest BCUT2D eigenvalue weighted by Gasteiger charge is 2.02. The minimum absolute atomic E-state index is 0.385. The summed E-state index contributed by atoms with van der Waals surface area (Å²) in [6.07, 6.45) is 2.13. The first kappa shape index (κ1) is 10.0. The van der Waals surface area contributed by atoms with Crippen molar-refractivity contribution in [3.8, 4) is 0 Å². The van der Waals surface area contributed by atoms with Crippen molar-refractivity contribution in [3.63, 3.8) is 0 Å². The zero-order valence-corrected chi connectivity index (χ0v) is 7.30. The van der Waals surface area contributed by atoms with Crippen LogP contribution in [0.2, 0.25) is 0 Å². The van der Waals surface area contributed by atoms with E-state index in [-0.39, 0.29) is 0 Å². The molecule has 0 rings (SSSR count). The van der Waals surface area contributed by atoms with Crippen molar-refractivity contribution < 1.29 is 14.0 Å². The van der Waals surface area contributed by atoms with E-state index in [1.807, 2.05) is 6.92 Å². The van der Waals surface area contributed by atoms with E-state index in [9.17, 15) is 4.57 Å². The van der Waals surface area contributed by atoms with E-state index in [0.717, 1.165) is 12.8 Å². The van der Waals surface area contributed by atoms with Gasteiger partial charge in [0, 0.05) is 0 Å². The molecule has 0 heterocycles. The highest BCUT2D eigenvalue weighted by Crippen LogP contribution is 2.17. The van der Waals surface area contributed by atoms with Crippen LogP contribution < -0.4 is 0 Å². The minimum Gasteiger partial charge on any atom is -0.298 e. The fourth-order valence-corrected chi connectivity index (χ4v) is 1.15. The molecule has 0 amide bonds. The van der Waals surface area contributed by atoms with E-state index >= 15 is 0 Å². The van der Waals surface area contributed by atoms with E-state index in [1.54, 1.807) is 0 Å². The lowest BCUT2D eigenvalue weighted by Gasteiger charge is -2.06. The van der Waals surface area contributed by atoms with Crippen LogP contribution in [0.3, 0.4) is 0 Å². The highest BCUT2D eigenvalue weighted by molar-refractivity contribution is 7.32. The molecule has 0 fully saturated rings. The Morgan fingerprint density at radius 3 is 2.70 bits per heavy atom. The maximum absolute atomic E-state index is 10.0. The zero-order chi connectivity index (χ0) is 7.98. The van der Waals surface area contributed by atoms with Crippen LogP contribution in [0.15, 0.2) is 0 Å². The van der Waals surface area contributed by atoms with Crippen LogP contribution in [0.5, 0.6) is 0 Å². The fraction of sp³-hybridized carbons (Fsp3) is 1.00. The molecule has 10 heavy (non-hydrogen) atoms. The summed E-state index contributed by atoms with van der Waals surface area (Å²) in [6, 6.07) is 0. The molecule has 61 valence electrons. The predicted molar refractivity (Wildman–Crippen MR) is 39.8 cm³/mol. The topological polar surface area (TPSA) is 46.5 Å². The molecule has 1 radical (unpaired) electrons. The third-order valence-corrected chi connectivity index (χ3v) is 1.62. The molecule has 2 unspecified atom stereocenters. The molecule has 1 N–H and O–H groups in total. The summed E-state index contributed by atoms with van der Waals surface area (Å²) in [6.45, 7) is 4.47. The number of hydrogen-bond donors (Lipinski definition) is 1. The predicted octanol–water partition coefficient (Wildman–Crippen LogP) is 2.09. The van der Waals surface area contributed by atoms with Crippen molar-refractivity contribution in [2.75, 3.05) is 6.61 Å². The summed E-state index contributed by atoms with van der Waals surface area (Å²) in [5.74, 6) is 0.385. The van der Waals surface area contributed by atoms with Crippen molar-refractivity contribution in [1.29, 1.82) is 0 Å². The van der Waals surface area contributed by atoms with Gasteiger partial charge < -0.3 is 0 Å². The molecule has 0 aromatic carbocycles. The van der Waals surface area contributed by atoms with Crippen molar-refractivity contribution in [2.24, 2.45) is 5.92 Å². The minimum atomic E-state index is -2.39. The zero-order valence-electron chi connectivity index (χ0n) is 6.41. The second kappa shape index (κ2) is 5.78. The second-order valence-corrected chi connectivity index (χ2v) is 3.16. The van der Waals surface area contributed by atoms with Gasteiger partial charge in [-0.3, -0.25) is 9.42 Å². The van der Waals surface area contributed by atoms with E-state index in [4.69, 9.17) is 4.89 Å². The van der Waals surface area contributed by atoms with Crippen molar-refractivity contribution in [2.45, 2.75) is 26.7 Å². The Morgan fingerprint density at radius 1 is 1.70 bits per heavy atom. The Kier molecular flexibility index (Phi) is 5.79. The highest BCUT2D eigenvalue weighted by atomic mass is 31.1. The Labute approximate surface area is 62.3 Å². The average molecular weight is 165 g/mol. The van der Waals surface area contributed by atoms with Crippen LogP contribution in [0.4, 0.5) is 0 Å². The first-order valence-corrected chi connectivity index (χ1v) is 4.59. The van der Waals surface area contributed by atoms with Gasteiger partial charge in [-0.25, -0.2) is 4.57 Å². The van der Waals surface area contributed by atoms with Gasteiger partial charge >= 0.3 is 8.25 Å². The van der Waals surface area contributed by atoms with Gasteiger partial charge in [0.05, 0.1) is 6.61 Å². The summed E-state index contributed by atoms with van der Waals surface area (Å²) in [5, 5.41) is 0. The van der Waals surface area contributed by atoms with Crippen LogP contribution in [0.25, 0.3) is 0 Å². The lowest BCUT2D eigenvalue weighted by molar-refractivity contribution is 0.233. The Bertz CT molecular complexity index is 105. The van der Waals surface area contributed by atoms with E-state index in [0.29, 0.717) is 12.5 Å². The van der Waals surface area contributed by atoms with Crippen LogP contribution >= 0.6 is 8.25 Å². The third kappa shape index (κ3) is 6.14. The molecule has 3 nitrogen and oxygen atoms in total. The lowest BCUT2D eigenvalue weighted by atomic mass is 10.1. The summed E-state index contributed by atoms with van der Waals surface area (Å²) < 4.78 is 14.6. The van der Waals surface area contributed by atoms with Gasteiger partial charge in [-0.05, 0) is 12.3 Å². The van der Waals surface area contributed by atoms with Crippen LogP contribution in [-0.2, 0) is 9.09 Å². The number of rotatable bonds is 5. The first-order valence-electron chi connectivity index (χ1n) is 3.45. The average Bonchev–Trinajstić information content (AvgIpc) is 1.85. The molecule has 0 saturated carbocycles. The molecule has 4 heteroatoms. The summed E-state index contributed by atoms with van der Waals surface area (Å²) in [5.41, 5.74) is 0. The molecule has 0 spiro atoms. The quantitative estimate of drug-likeness (QED) is 0.634. The van der Waals surface area contributed by atoms with Crippen LogP contribution in [-0.4, -0.2) is 11.5 Å². The lowest BCUT2D eigenvalue weighted by Crippen LogP contribution is -2.01. The fourth-order valence-electron chi connectivity index (χ4n) is 0.767. The van der Waals surface area contributed by atoms with Gasteiger partial charge in [-0.15, -0.1) is 0 Å². The second-order valence-electron chi connectivity index (χ2n) is 2.43. The molecule has 0 aliphatic rings. The molecule has 2 atom stereocenters. The van der Waals surface area contributed by atoms with Gasteiger partial charge in [-0.1, -0.05) is 20.3 Å². The summed E-state index contributed by atoms with van der Waals surface area (Å²) in [7, 11) is -2.39. The van der Waals surface area contributed by atoms with Crippen LogP contribution in [0, 0.1) is 5.92 Å². The van der Waals surface area contributed by atoms with Gasteiger partial charge in [0.1, 0.15) is 0 Å². The van der Waals surface area contributed by atoms with E-state index in [2.05, 4.69) is 11.4 Å². The monoisotopic (exact) mass is 165 g/mol. The van der Waals surface area contributed by atoms with Gasteiger partial charge in [0.15, 0.2) is 0 Å². The molecular formula is C6H14O3P. The van der Waals surface area contributed by atoms with Crippen molar-refractivity contribution in [1.82, 2.24) is 0 Å². The van der Waals surface area contributed by atoms with Crippen LogP contribution in [0.1, 0.15) is 26.7 Å². The summed E-state index contributed by atoms with van der Waals surface area (Å²) in [4.78, 5) is 8.26. The maximum atomic E-state index is 10.0. The first-order chi connectivity index (χ1) is 4.66. The van der Waals surface area contributed by atoms with Gasteiger partial charge in [-0.2, -0.15) is 0 Å². The smallest absolute Gasteiger partial charge is 0.298 e. The van der Waals surface area contributed by atoms with Crippen molar-refractivity contribution in [3.05, 3.63) is 0 Å². The maximum Gasteiger partial charge on any atom is 0.366 e. The SMILES string of the molecule is CCCC(C)CO[P](=O)O. The standard InChI is InChI=1S/C6H14O3P/c1-3-4-6(2)5-9-10(7)8/h6H,3-5H2,1-2H3,(H,7,8). The van der Waals surface area contributed by atoms with Crippen molar-refractivity contribution >= 4 is 8.25 Å². The molecule has 0 aromatic rings. The normalized spacial score (nSPS) is 14.9. The molecular weight excluding hydrogens is 151 g/mol. The molecule has 0 saturated heterocycles. The Hall–Kier alpha value is 0.0200. The van der Waals surface area contributed by atoms with E-state index < -0.39 is 8.25 Å². The summed E-state index contributed by atoms with van der Waals surface area (Å²) >= 11 is 0. The number of hydrogen-bond acceptors (Lipinski definition) is 2. The largest absolute Gasteiger partial charge is 0.366 e. The molecule has 0 bridgehead atoms.